The number of hydrazine groups is 1. The monoisotopic (exact) mass is 743 g/mol. The fraction of sp³-hybridized carbons (Fsp3) is 0.643. The van der Waals surface area contributed by atoms with Crippen LogP contribution < -0.4 is 5.43 Å². The topological polar surface area (TPSA) is 38.8 Å². The highest BCUT2D eigenvalue weighted by Crippen LogP contribution is 2.34. The number of likely N-dealkylation sites (tertiary alicyclic amines) is 1. The molecule has 1 N–H and O–H groups in total. The first-order valence-electron chi connectivity index (χ1n) is 19.3. The van der Waals surface area contributed by atoms with Crippen LogP contribution >= 0.6 is 0 Å². The number of carbonyl (C=O) groups excluding carboxylic acids is 1. The summed E-state index contributed by atoms with van der Waals surface area (Å²) in [7, 11) is 0. The van der Waals surface area contributed by atoms with Crippen molar-refractivity contribution in [2.45, 2.75) is 140 Å². The molecule has 0 aromatic rings. The molecule has 0 radical (unpaired) electrons. The zero-order chi connectivity index (χ0) is 40.7. The van der Waals surface area contributed by atoms with Gasteiger partial charge in [-0.25, -0.2) is 14.2 Å². The molecule has 0 aromatic carbocycles. The van der Waals surface area contributed by atoms with Crippen molar-refractivity contribution in [3.05, 3.63) is 83.3 Å². The van der Waals surface area contributed by atoms with Crippen molar-refractivity contribution in [1.82, 2.24) is 20.2 Å². The van der Waals surface area contributed by atoms with Crippen molar-refractivity contribution in [3.8, 4) is 0 Å². The molecule has 300 valence electrons. The van der Waals surface area contributed by atoms with Crippen LogP contribution in [0.15, 0.2) is 83.3 Å². The summed E-state index contributed by atoms with van der Waals surface area (Å²) in [5.74, 6) is -0.980. The molecule has 3 atom stereocenters. The average Bonchev–Trinajstić information content (AvgIpc) is 3.26. The average molecular weight is 743 g/mol. The van der Waals surface area contributed by atoms with Gasteiger partial charge in [0, 0.05) is 48.9 Å². The fourth-order valence-corrected chi connectivity index (χ4v) is 5.98. The SMILES string of the molecule is C=C(F)/C=C(F)\C(=C/CC)C(C)CN(CC)C(C)(C)C.CC.CC.CC.CC1C=C(C2CCCN(C=O)CC2)N(C2=CCC=C(C(F)(F)F)C=C2)N1. The second-order valence-corrected chi connectivity index (χ2v) is 13.1. The first kappa shape index (κ1) is 51.1. The summed E-state index contributed by atoms with van der Waals surface area (Å²) in [6.07, 6.45) is 10.8. The molecule has 0 saturated carbocycles. The quantitative estimate of drug-likeness (QED) is 0.137. The summed E-state index contributed by atoms with van der Waals surface area (Å²) >= 11 is 0. The molecule has 10 heteroatoms. The van der Waals surface area contributed by atoms with Gasteiger partial charge < -0.3 is 4.90 Å². The number of hydrogen-bond donors (Lipinski definition) is 1. The summed E-state index contributed by atoms with van der Waals surface area (Å²) in [4.78, 5) is 15.1. The molecule has 0 aromatic heterocycles. The smallest absolute Gasteiger partial charge is 0.345 e. The standard InChI is InChI=1S/C19H24F3N3O.C17H29F2N.3C2H6/c1-14-12-18(15-4-3-10-24(13-26)11-9-15)25(23-14)17-6-2-5-16(7-8-17)19(20,21)22;1-8-10-15(16(19)11-14(4)18)13(3)12-20(9-2)17(5,6)7;3*1-2/h5-8,12-15,23H,2-4,9-11H2,1H3;10-11,13H,4,8-9,12H2,1-3,5-7H3;3*1-2H3/b;15-10-,16-11+;;;. The Hall–Kier alpha value is -2.98. The normalized spacial score (nSPS) is 20.1. The Morgan fingerprint density at radius 2 is 1.63 bits per heavy atom. The number of amides is 1. The zero-order valence-electron chi connectivity index (χ0n) is 34.6. The van der Waals surface area contributed by atoms with Gasteiger partial charge in [-0.1, -0.05) is 87.1 Å². The number of nitrogens with one attached hydrogen (secondary N) is 1. The predicted molar refractivity (Wildman–Crippen MR) is 211 cm³/mol. The van der Waals surface area contributed by atoms with Crippen molar-refractivity contribution in [1.29, 1.82) is 0 Å². The minimum atomic E-state index is -4.33. The molecule has 1 fully saturated rings. The van der Waals surface area contributed by atoms with E-state index in [0.29, 0.717) is 12.1 Å². The molecule has 1 amide bonds. The third-order valence-corrected chi connectivity index (χ3v) is 8.36. The van der Waals surface area contributed by atoms with E-state index in [-0.39, 0.29) is 29.8 Å². The number of allylic oxidation sites excluding steroid dienone is 10. The Morgan fingerprint density at radius 1 is 1.02 bits per heavy atom. The molecule has 3 unspecified atom stereocenters. The third kappa shape index (κ3) is 18.2. The third-order valence-electron chi connectivity index (χ3n) is 8.36. The second-order valence-electron chi connectivity index (χ2n) is 13.1. The van der Waals surface area contributed by atoms with Crippen LogP contribution in [0.4, 0.5) is 22.0 Å². The lowest BCUT2D eigenvalue weighted by molar-refractivity contribution is -0.118. The molecule has 1 aliphatic carbocycles. The van der Waals surface area contributed by atoms with E-state index >= 15 is 0 Å². The van der Waals surface area contributed by atoms with Gasteiger partial charge in [0.25, 0.3) is 0 Å². The minimum absolute atomic E-state index is 0.00437. The van der Waals surface area contributed by atoms with Crippen LogP contribution in [0.2, 0.25) is 0 Å². The molecule has 5 nitrogen and oxygen atoms in total. The number of rotatable bonds is 10. The van der Waals surface area contributed by atoms with Crippen molar-refractivity contribution < 1.29 is 26.7 Å². The molecule has 0 spiro atoms. The Kier molecular flexibility index (Phi) is 26.3. The molecule has 3 aliphatic rings. The molecule has 0 bridgehead atoms. The minimum Gasteiger partial charge on any atom is -0.345 e. The zero-order valence-corrected chi connectivity index (χ0v) is 34.6. The maximum Gasteiger partial charge on any atom is 0.416 e. The van der Waals surface area contributed by atoms with Crippen molar-refractivity contribution >= 4 is 6.41 Å². The van der Waals surface area contributed by atoms with Gasteiger partial charge in [-0.05, 0) is 96.1 Å². The van der Waals surface area contributed by atoms with Crippen LogP contribution in [0, 0.1) is 11.8 Å². The van der Waals surface area contributed by atoms with Gasteiger partial charge in [-0.3, -0.25) is 14.7 Å². The van der Waals surface area contributed by atoms with Crippen molar-refractivity contribution in [2.75, 3.05) is 26.2 Å². The van der Waals surface area contributed by atoms with Crippen LogP contribution in [-0.2, 0) is 4.79 Å². The van der Waals surface area contributed by atoms with Crippen LogP contribution in [0.3, 0.4) is 0 Å². The Morgan fingerprint density at radius 3 is 2.13 bits per heavy atom. The number of alkyl halides is 3. The van der Waals surface area contributed by atoms with Crippen LogP contribution in [0.25, 0.3) is 0 Å². The molecule has 1 saturated heterocycles. The van der Waals surface area contributed by atoms with E-state index in [4.69, 9.17) is 0 Å². The van der Waals surface area contributed by atoms with Gasteiger partial charge in [0.15, 0.2) is 0 Å². The summed E-state index contributed by atoms with van der Waals surface area (Å²) in [6.45, 7) is 32.7. The van der Waals surface area contributed by atoms with Crippen LogP contribution in [0.1, 0.15) is 122 Å². The summed E-state index contributed by atoms with van der Waals surface area (Å²) < 4.78 is 65.7. The van der Waals surface area contributed by atoms with E-state index in [0.717, 1.165) is 75.3 Å². The maximum atomic E-state index is 14.1. The van der Waals surface area contributed by atoms with Crippen LogP contribution in [-0.4, -0.2) is 65.2 Å². The van der Waals surface area contributed by atoms with E-state index in [1.807, 2.05) is 79.5 Å². The number of carbonyl (C=O) groups is 1. The molecule has 52 heavy (non-hydrogen) atoms. The largest absolute Gasteiger partial charge is 0.416 e. The predicted octanol–water partition coefficient (Wildman–Crippen LogP) is 12.2. The summed E-state index contributed by atoms with van der Waals surface area (Å²) in [5, 5.41) is 1.93. The van der Waals surface area contributed by atoms with E-state index in [1.165, 1.54) is 12.2 Å². The molecule has 3 rings (SSSR count). The second kappa shape index (κ2) is 26.7. The summed E-state index contributed by atoms with van der Waals surface area (Å²) in [5.41, 5.74) is 5.14. The van der Waals surface area contributed by atoms with Gasteiger partial charge in [0.05, 0.1) is 11.3 Å². The number of halogens is 5. The maximum absolute atomic E-state index is 14.1. The first-order chi connectivity index (χ1) is 24.5. The number of hydrogen-bond acceptors (Lipinski definition) is 4. The van der Waals surface area contributed by atoms with Gasteiger partial charge in [-0.15, -0.1) is 0 Å². The van der Waals surface area contributed by atoms with Gasteiger partial charge in [0.2, 0.25) is 6.41 Å². The Balaban J connectivity index is 0. The first-order valence-corrected chi connectivity index (χ1v) is 19.3. The lowest BCUT2D eigenvalue weighted by Crippen LogP contribution is -2.43. The summed E-state index contributed by atoms with van der Waals surface area (Å²) in [6, 6.07) is 0.114. The van der Waals surface area contributed by atoms with Gasteiger partial charge >= 0.3 is 6.18 Å². The van der Waals surface area contributed by atoms with E-state index in [9.17, 15) is 26.7 Å². The van der Waals surface area contributed by atoms with E-state index in [2.05, 4.69) is 50.7 Å². The molecular formula is C42H71F5N4O. The van der Waals surface area contributed by atoms with Crippen molar-refractivity contribution in [3.63, 3.8) is 0 Å². The van der Waals surface area contributed by atoms with E-state index in [1.54, 1.807) is 4.90 Å². The fourth-order valence-electron chi connectivity index (χ4n) is 5.98. The molecular weight excluding hydrogens is 671 g/mol. The molecule has 2 aliphatic heterocycles. The highest BCUT2D eigenvalue weighted by atomic mass is 19.4. The Labute approximate surface area is 314 Å². The lowest BCUT2D eigenvalue weighted by Gasteiger charge is -2.37. The van der Waals surface area contributed by atoms with E-state index < -0.39 is 23.4 Å². The Bertz CT molecular complexity index is 1220. The lowest BCUT2D eigenvalue weighted by atomic mass is 9.95. The van der Waals surface area contributed by atoms with Gasteiger partial charge in [0.1, 0.15) is 11.7 Å². The molecule has 2 heterocycles. The van der Waals surface area contributed by atoms with Crippen LogP contribution in [0.5, 0.6) is 0 Å². The number of nitrogens with zero attached hydrogens (tertiary/aromatic N) is 3. The highest BCUT2D eigenvalue weighted by molar-refractivity contribution is 5.47. The highest BCUT2D eigenvalue weighted by Gasteiger charge is 2.33. The van der Waals surface area contributed by atoms with Gasteiger partial charge in [-0.2, -0.15) is 13.2 Å². The van der Waals surface area contributed by atoms with Crippen molar-refractivity contribution in [2.24, 2.45) is 11.8 Å².